The van der Waals surface area contributed by atoms with Gasteiger partial charge in [-0.1, -0.05) is 31.2 Å². The summed E-state index contributed by atoms with van der Waals surface area (Å²) in [5.41, 5.74) is 2.60. The van der Waals surface area contributed by atoms with Crippen LogP contribution in [0.2, 0.25) is 0 Å². The van der Waals surface area contributed by atoms with Crippen molar-refractivity contribution in [1.29, 1.82) is 0 Å². The van der Waals surface area contributed by atoms with Crippen LogP contribution in [0.3, 0.4) is 0 Å². The van der Waals surface area contributed by atoms with E-state index in [2.05, 4.69) is 10.3 Å². The summed E-state index contributed by atoms with van der Waals surface area (Å²) in [6.45, 7) is 4.46. The lowest BCUT2D eigenvalue weighted by molar-refractivity contribution is -0.130. The number of amides is 2. The third-order valence-corrected chi connectivity index (χ3v) is 3.66. The summed E-state index contributed by atoms with van der Waals surface area (Å²) >= 11 is 0. The van der Waals surface area contributed by atoms with Crippen molar-refractivity contribution in [3.05, 3.63) is 66.0 Å². The molecule has 1 aromatic carbocycles. The number of rotatable bonds is 7. The van der Waals surface area contributed by atoms with Crippen molar-refractivity contribution in [3.8, 4) is 0 Å². The Balaban J connectivity index is 1.99. The molecule has 0 unspecified atom stereocenters. The molecule has 25 heavy (non-hydrogen) atoms. The molecule has 5 nitrogen and oxygen atoms in total. The highest BCUT2D eigenvalue weighted by Gasteiger charge is 2.14. The van der Waals surface area contributed by atoms with Crippen LogP contribution in [0, 0.1) is 6.92 Å². The smallest absolute Gasteiger partial charge is 0.247 e. The molecule has 0 fully saturated rings. The number of nitrogens with one attached hydrogen (secondary N) is 1. The minimum Gasteiger partial charge on any atom is -0.330 e. The minimum absolute atomic E-state index is 0.0262. The summed E-state index contributed by atoms with van der Waals surface area (Å²) in [7, 11) is 0. The van der Waals surface area contributed by atoms with E-state index in [1.165, 1.54) is 6.08 Å². The number of benzene rings is 1. The van der Waals surface area contributed by atoms with Gasteiger partial charge in [0.2, 0.25) is 11.8 Å². The van der Waals surface area contributed by atoms with Gasteiger partial charge < -0.3 is 10.2 Å². The second-order valence-corrected chi connectivity index (χ2v) is 5.74. The van der Waals surface area contributed by atoms with Crippen molar-refractivity contribution < 1.29 is 9.59 Å². The number of pyridine rings is 1. The van der Waals surface area contributed by atoms with Gasteiger partial charge >= 0.3 is 0 Å². The first-order chi connectivity index (χ1) is 12.1. The Morgan fingerprint density at radius 3 is 2.68 bits per heavy atom. The normalized spacial score (nSPS) is 10.6. The van der Waals surface area contributed by atoms with E-state index in [0.717, 1.165) is 23.2 Å². The topological polar surface area (TPSA) is 62.3 Å². The van der Waals surface area contributed by atoms with Gasteiger partial charge in [0.05, 0.1) is 0 Å². The summed E-state index contributed by atoms with van der Waals surface area (Å²) in [5.74, 6) is -0.392. The molecule has 2 rings (SSSR count). The van der Waals surface area contributed by atoms with Crippen molar-refractivity contribution in [2.45, 2.75) is 20.3 Å². The van der Waals surface area contributed by atoms with E-state index in [-0.39, 0.29) is 18.4 Å². The van der Waals surface area contributed by atoms with E-state index in [9.17, 15) is 9.59 Å². The molecule has 0 aliphatic carbocycles. The molecule has 5 heteroatoms. The molecule has 1 heterocycles. The standard InChI is InChI=1S/C20H23N3O2/c1-3-13-23(20(25)11-10-17-8-6-12-21-14-17)15-19(24)22-18-9-5-4-7-16(18)2/h4-12,14H,3,13,15H2,1-2H3,(H,22,24)/b11-10+. The molecule has 1 N–H and O–H groups in total. The Morgan fingerprint density at radius 1 is 1.20 bits per heavy atom. The molecule has 0 aliphatic heterocycles. The zero-order chi connectivity index (χ0) is 18.1. The lowest BCUT2D eigenvalue weighted by Gasteiger charge is -2.20. The van der Waals surface area contributed by atoms with Crippen LogP contribution in [0.5, 0.6) is 0 Å². The van der Waals surface area contributed by atoms with Crippen LogP contribution in [0.1, 0.15) is 24.5 Å². The fourth-order valence-electron chi connectivity index (χ4n) is 2.36. The summed E-state index contributed by atoms with van der Waals surface area (Å²) in [4.78, 5) is 30.2. The molecule has 1 aromatic heterocycles. The monoisotopic (exact) mass is 337 g/mol. The van der Waals surface area contributed by atoms with E-state index in [1.807, 2.05) is 50.2 Å². The van der Waals surface area contributed by atoms with E-state index in [1.54, 1.807) is 23.4 Å². The molecule has 0 radical (unpaired) electrons. The Labute approximate surface area is 148 Å². The highest BCUT2D eigenvalue weighted by molar-refractivity contribution is 5.98. The van der Waals surface area contributed by atoms with Gasteiger partial charge in [-0.15, -0.1) is 0 Å². The summed E-state index contributed by atoms with van der Waals surface area (Å²) in [6, 6.07) is 11.2. The van der Waals surface area contributed by atoms with Crippen LogP contribution in [-0.2, 0) is 9.59 Å². The van der Waals surface area contributed by atoms with Gasteiger partial charge in [0.1, 0.15) is 6.54 Å². The maximum Gasteiger partial charge on any atom is 0.247 e. The van der Waals surface area contributed by atoms with Crippen LogP contribution in [-0.4, -0.2) is 34.8 Å². The maximum absolute atomic E-state index is 12.4. The van der Waals surface area contributed by atoms with Crippen LogP contribution < -0.4 is 5.32 Å². The zero-order valence-corrected chi connectivity index (χ0v) is 14.6. The lowest BCUT2D eigenvalue weighted by Crippen LogP contribution is -2.37. The van der Waals surface area contributed by atoms with Crippen molar-refractivity contribution in [3.63, 3.8) is 0 Å². The second kappa shape index (κ2) is 9.37. The number of carbonyl (C=O) groups excluding carboxylic acids is 2. The number of anilines is 1. The van der Waals surface area contributed by atoms with E-state index >= 15 is 0 Å². The Hall–Kier alpha value is -2.95. The lowest BCUT2D eigenvalue weighted by atomic mass is 10.2. The molecule has 130 valence electrons. The summed E-state index contributed by atoms with van der Waals surface area (Å²) in [5, 5.41) is 2.86. The number of aromatic nitrogens is 1. The predicted octanol–water partition coefficient (Wildman–Crippen LogP) is 3.28. The van der Waals surface area contributed by atoms with Gasteiger partial charge in [0.15, 0.2) is 0 Å². The molecule has 0 aliphatic rings. The van der Waals surface area contributed by atoms with Crippen molar-refractivity contribution >= 4 is 23.6 Å². The fourth-order valence-corrected chi connectivity index (χ4v) is 2.36. The molecule has 0 atom stereocenters. The molecular weight excluding hydrogens is 314 g/mol. The Morgan fingerprint density at radius 2 is 2.00 bits per heavy atom. The van der Waals surface area contributed by atoms with Crippen molar-refractivity contribution in [2.75, 3.05) is 18.4 Å². The average molecular weight is 337 g/mol. The van der Waals surface area contributed by atoms with E-state index in [0.29, 0.717) is 6.54 Å². The molecule has 2 aromatic rings. The van der Waals surface area contributed by atoms with Gasteiger partial charge in [-0.25, -0.2) is 0 Å². The SMILES string of the molecule is CCCN(CC(=O)Nc1ccccc1C)C(=O)/C=C/c1cccnc1. The van der Waals surface area contributed by atoms with Crippen LogP contribution in [0.15, 0.2) is 54.9 Å². The van der Waals surface area contributed by atoms with Crippen LogP contribution in [0.25, 0.3) is 6.08 Å². The van der Waals surface area contributed by atoms with Crippen molar-refractivity contribution in [2.24, 2.45) is 0 Å². The fraction of sp³-hybridized carbons (Fsp3) is 0.250. The highest BCUT2D eigenvalue weighted by Crippen LogP contribution is 2.13. The first kappa shape index (κ1) is 18.4. The van der Waals surface area contributed by atoms with Gasteiger partial charge in [0.25, 0.3) is 0 Å². The predicted molar refractivity (Wildman–Crippen MR) is 100.0 cm³/mol. The van der Waals surface area contributed by atoms with Gasteiger partial charge in [-0.3, -0.25) is 14.6 Å². The molecule has 0 bridgehead atoms. The summed E-state index contributed by atoms with van der Waals surface area (Å²) in [6.07, 6.45) is 7.33. The highest BCUT2D eigenvalue weighted by atomic mass is 16.2. The average Bonchev–Trinajstić information content (AvgIpc) is 2.62. The van der Waals surface area contributed by atoms with Gasteiger partial charge in [-0.2, -0.15) is 0 Å². The first-order valence-electron chi connectivity index (χ1n) is 8.32. The van der Waals surface area contributed by atoms with Gasteiger partial charge in [0, 0.05) is 30.7 Å². The van der Waals surface area contributed by atoms with Crippen LogP contribution in [0.4, 0.5) is 5.69 Å². The number of nitrogens with zero attached hydrogens (tertiary/aromatic N) is 2. The van der Waals surface area contributed by atoms with Crippen LogP contribution >= 0.6 is 0 Å². The number of carbonyl (C=O) groups is 2. The molecule has 0 spiro atoms. The number of aryl methyl sites for hydroxylation is 1. The van der Waals surface area contributed by atoms with Crippen molar-refractivity contribution in [1.82, 2.24) is 9.88 Å². The third-order valence-electron chi connectivity index (χ3n) is 3.66. The molecule has 0 saturated heterocycles. The number of para-hydroxylation sites is 1. The Kier molecular flexibility index (Phi) is 6.89. The molecule has 2 amide bonds. The zero-order valence-electron chi connectivity index (χ0n) is 14.6. The first-order valence-corrected chi connectivity index (χ1v) is 8.32. The Bertz CT molecular complexity index is 742. The third kappa shape index (κ3) is 5.88. The largest absolute Gasteiger partial charge is 0.330 e. The second-order valence-electron chi connectivity index (χ2n) is 5.74. The molecular formula is C20H23N3O2. The van der Waals surface area contributed by atoms with Gasteiger partial charge in [-0.05, 0) is 42.7 Å². The number of hydrogen-bond donors (Lipinski definition) is 1. The molecule has 0 saturated carbocycles. The van der Waals surface area contributed by atoms with E-state index in [4.69, 9.17) is 0 Å². The summed E-state index contributed by atoms with van der Waals surface area (Å²) < 4.78 is 0. The van der Waals surface area contributed by atoms with E-state index < -0.39 is 0 Å². The maximum atomic E-state index is 12.4. The number of hydrogen-bond acceptors (Lipinski definition) is 3. The minimum atomic E-state index is -0.203. The quantitative estimate of drug-likeness (QED) is 0.789.